The molecule has 2 heterocycles. The molecule has 0 fully saturated rings. The molecule has 8 heteroatoms. The predicted molar refractivity (Wildman–Crippen MR) is 88.4 cm³/mol. The molecule has 2 rings (SSSR count). The molecule has 0 radical (unpaired) electrons. The summed E-state index contributed by atoms with van der Waals surface area (Å²) in [5, 5.41) is 7.74. The maximum atomic E-state index is 12.3. The average Bonchev–Trinajstić information content (AvgIpc) is 3.28. The van der Waals surface area contributed by atoms with E-state index in [2.05, 4.69) is 16.0 Å². The van der Waals surface area contributed by atoms with Crippen molar-refractivity contribution in [1.82, 2.24) is 16.0 Å². The molecule has 0 saturated carbocycles. The van der Waals surface area contributed by atoms with Crippen LogP contribution in [0.2, 0.25) is 0 Å². The summed E-state index contributed by atoms with van der Waals surface area (Å²) >= 11 is 0. The number of carbonyl (C=O) groups is 3. The van der Waals surface area contributed by atoms with Gasteiger partial charge in [0.15, 0.2) is 5.76 Å². The molecule has 1 atom stereocenters. The van der Waals surface area contributed by atoms with Gasteiger partial charge in [-0.1, -0.05) is 13.8 Å². The smallest absolute Gasteiger partial charge is 0.287 e. The van der Waals surface area contributed by atoms with Crippen LogP contribution < -0.4 is 16.0 Å². The van der Waals surface area contributed by atoms with Crippen LogP contribution in [-0.2, 0) is 16.1 Å². The van der Waals surface area contributed by atoms with Crippen LogP contribution in [0.3, 0.4) is 0 Å². The van der Waals surface area contributed by atoms with E-state index in [1.807, 2.05) is 0 Å². The van der Waals surface area contributed by atoms with Gasteiger partial charge >= 0.3 is 0 Å². The van der Waals surface area contributed by atoms with E-state index >= 15 is 0 Å². The molecule has 0 bridgehead atoms. The van der Waals surface area contributed by atoms with Gasteiger partial charge in [-0.15, -0.1) is 0 Å². The Morgan fingerprint density at radius 2 is 1.76 bits per heavy atom. The van der Waals surface area contributed by atoms with Crippen LogP contribution in [-0.4, -0.2) is 30.3 Å². The molecule has 134 valence electrons. The molecule has 0 spiro atoms. The highest BCUT2D eigenvalue weighted by molar-refractivity contribution is 5.96. The Kier molecular flexibility index (Phi) is 6.39. The number of carbonyl (C=O) groups excluding carboxylic acids is 3. The fraction of sp³-hybridized carbons (Fsp3) is 0.353. The minimum Gasteiger partial charge on any atom is -0.467 e. The van der Waals surface area contributed by atoms with Crippen LogP contribution in [0.1, 0.15) is 30.2 Å². The lowest BCUT2D eigenvalue weighted by Gasteiger charge is -2.21. The second kappa shape index (κ2) is 8.72. The molecule has 0 aromatic carbocycles. The molecular weight excluding hydrogens is 326 g/mol. The molecule has 25 heavy (non-hydrogen) atoms. The van der Waals surface area contributed by atoms with Gasteiger partial charge in [0.2, 0.25) is 11.8 Å². The Balaban J connectivity index is 1.81. The SMILES string of the molecule is CC(C)C(NC(=O)c1ccco1)C(=O)NCC(=O)NCc1ccco1. The van der Waals surface area contributed by atoms with Gasteiger partial charge in [0, 0.05) is 0 Å². The van der Waals surface area contributed by atoms with Gasteiger partial charge in [-0.3, -0.25) is 14.4 Å². The maximum absolute atomic E-state index is 12.3. The Morgan fingerprint density at radius 1 is 1.04 bits per heavy atom. The summed E-state index contributed by atoms with van der Waals surface area (Å²) in [7, 11) is 0. The first-order chi connectivity index (χ1) is 12.0. The lowest BCUT2D eigenvalue weighted by Crippen LogP contribution is -2.51. The minimum atomic E-state index is -0.782. The largest absolute Gasteiger partial charge is 0.467 e. The van der Waals surface area contributed by atoms with E-state index in [1.165, 1.54) is 18.6 Å². The lowest BCUT2D eigenvalue weighted by molar-refractivity contribution is -0.127. The minimum absolute atomic E-state index is 0.120. The number of amides is 3. The summed E-state index contributed by atoms with van der Waals surface area (Å²) in [4.78, 5) is 36.1. The second-order valence-electron chi connectivity index (χ2n) is 5.75. The van der Waals surface area contributed by atoms with Crippen molar-refractivity contribution >= 4 is 17.7 Å². The van der Waals surface area contributed by atoms with E-state index in [1.54, 1.807) is 32.0 Å². The average molecular weight is 347 g/mol. The van der Waals surface area contributed by atoms with Crippen molar-refractivity contribution in [3.8, 4) is 0 Å². The normalized spacial score (nSPS) is 11.8. The van der Waals surface area contributed by atoms with Gasteiger partial charge in [0.25, 0.3) is 5.91 Å². The molecule has 3 N–H and O–H groups in total. The van der Waals surface area contributed by atoms with Gasteiger partial charge in [0.1, 0.15) is 11.8 Å². The molecule has 2 aromatic heterocycles. The van der Waals surface area contributed by atoms with E-state index in [4.69, 9.17) is 8.83 Å². The zero-order valence-corrected chi connectivity index (χ0v) is 14.1. The van der Waals surface area contributed by atoms with Crippen LogP contribution in [0.25, 0.3) is 0 Å². The molecule has 0 aliphatic rings. The molecule has 1 unspecified atom stereocenters. The van der Waals surface area contributed by atoms with Crippen molar-refractivity contribution in [2.45, 2.75) is 26.4 Å². The number of nitrogens with one attached hydrogen (secondary N) is 3. The van der Waals surface area contributed by atoms with Crippen molar-refractivity contribution in [1.29, 1.82) is 0 Å². The molecule has 0 aliphatic carbocycles. The fourth-order valence-electron chi connectivity index (χ4n) is 2.09. The Labute approximate surface area is 144 Å². The lowest BCUT2D eigenvalue weighted by atomic mass is 10.0. The van der Waals surface area contributed by atoms with Crippen molar-refractivity contribution < 1.29 is 23.2 Å². The molecule has 3 amide bonds. The second-order valence-corrected chi connectivity index (χ2v) is 5.75. The standard InChI is InChI=1S/C17H21N3O5/c1-11(2)15(20-16(22)13-6-4-8-25-13)17(23)19-10-14(21)18-9-12-5-3-7-24-12/h3-8,11,15H,9-10H2,1-2H3,(H,18,21)(H,19,23)(H,20,22). The fourth-order valence-corrected chi connectivity index (χ4v) is 2.09. The highest BCUT2D eigenvalue weighted by Gasteiger charge is 2.25. The van der Waals surface area contributed by atoms with Crippen LogP contribution in [0.4, 0.5) is 0 Å². The van der Waals surface area contributed by atoms with Crippen LogP contribution >= 0.6 is 0 Å². The van der Waals surface area contributed by atoms with E-state index < -0.39 is 17.9 Å². The third kappa shape index (κ3) is 5.52. The van der Waals surface area contributed by atoms with Gasteiger partial charge < -0.3 is 24.8 Å². The number of hydrogen-bond donors (Lipinski definition) is 3. The van der Waals surface area contributed by atoms with Gasteiger partial charge in [-0.2, -0.15) is 0 Å². The summed E-state index contributed by atoms with van der Waals surface area (Å²) in [5.74, 6) is -0.709. The maximum Gasteiger partial charge on any atom is 0.287 e. The highest BCUT2D eigenvalue weighted by Crippen LogP contribution is 2.06. The zero-order chi connectivity index (χ0) is 18.2. The first kappa shape index (κ1) is 18.3. The summed E-state index contributed by atoms with van der Waals surface area (Å²) in [6.45, 7) is 3.64. The Bertz CT molecular complexity index is 692. The van der Waals surface area contributed by atoms with Crippen molar-refractivity contribution in [2.75, 3.05) is 6.54 Å². The van der Waals surface area contributed by atoms with Crippen molar-refractivity contribution in [3.05, 3.63) is 48.3 Å². The number of furan rings is 2. The summed E-state index contributed by atoms with van der Waals surface area (Å²) in [6, 6.07) is 5.77. The Morgan fingerprint density at radius 3 is 2.36 bits per heavy atom. The van der Waals surface area contributed by atoms with Gasteiger partial charge in [0.05, 0.1) is 25.6 Å². The van der Waals surface area contributed by atoms with E-state index in [0.29, 0.717) is 5.76 Å². The first-order valence-corrected chi connectivity index (χ1v) is 7.88. The van der Waals surface area contributed by atoms with E-state index in [-0.39, 0.29) is 30.7 Å². The third-order valence-electron chi connectivity index (χ3n) is 3.44. The topological polar surface area (TPSA) is 114 Å². The molecule has 8 nitrogen and oxygen atoms in total. The zero-order valence-electron chi connectivity index (χ0n) is 14.1. The summed E-state index contributed by atoms with van der Waals surface area (Å²) in [6.07, 6.45) is 2.89. The van der Waals surface area contributed by atoms with E-state index in [0.717, 1.165) is 0 Å². The van der Waals surface area contributed by atoms with Crippen LogP contribution in [0.15, 0.2) is 45.6 Å². The van der Waals surface area contributed by atoms with Crippen LogP contribution in [0, 0.1) is 5.92 Å². The van der Waals surface area contributed by atoms with E-state index in [9.17, 15) is 14.4 Å². The predicted octanol–water partition coefficient (Wildman–Crippen LogP) is 1.06. The monoisotopic (exact) mass is 347 g/mol. The highest BCUT2D eigenvalue weighted by atomic mass is 16.3. The molecule has 0 saturated heterocycles. The van der Waals surface area contributed by atoms with Gasteiger partial charge in [-0.05, 0) is 30.2 Å². The summed E-state index contributed by atoms with van der Waals surface area (Å²) < 4.78 is 10.1. The summed E-state index contributed by atoms with van der Waals surface area (Å²) in [5.41, 5.74) is 0. The molecule has 0 aliphatic heterocycles. The molecule has 2 aromatic rings. The van der Waals surface area contributed by atoms with Crippen molar-refractivity contribution in [3.63, 3.8) is 0 Å². The molecular formula is C17H21N3O5. The quantitative estimate of drug-likeness (QED) is 0.661. The van der Waals surface area contributed by atoms with Crippen molar-refractivity contribution in [2.24, 2.45) is 5.92 Å². The number of rotatable bonds is 8. The van der Waals surface area contributed by atoms with Gasteiger partial charge in [-0.25, -0.2) is 0 Å². The first-order valence-electron chi connectivity index (χ1n) is 7.88. The third-order valence-corrected chi connectivity index (χ3v) is 3.44. The van der Waals surface area contributed by atoms with Crippen LogP contribution in [0.5, 0.6) is 0 Å². The number of hydrogen-bond acceptors (Lipinski definition) is 5. The Hall–Kier alpha value is -3.03.